The Morgan fingerprint density at radius 1 is 1.32 bits per heavy atom. The first-order valence-corrected chi connectivity index (χ1v) is 9.10. The van der Waals surface area contributed by atoms with Gasteiger partial charge in [0.25, 0.3) is 0 Å². The number of hydrogen-bond donors (Lipinski definition) is 0. The summed E-state index contributed by atoms with van der Waals surface area (Å²) >= 11 is 0. The molecule has 0 radical (unpaired) electrons. The van der Waals surface area contributed by atoms with E-state index < -0.39 is 5.60 Å². The molecule has 3 heterocycles. The van der Waals surface area contributed by atoms with Crippen LogP contribution in [0.25, 0.3) is 0 Å². The van der Waals surface area contributed by atoms with Crippen molar-refractivity contribution in [1.82, 2.24) is 19.4 Å². The van der Waals surface area contributed by atoms with Crippen molar-refractivity contribution in [3.05, 3.63) is 17.7 Å². The maximum atomic E-state index is 12.5. The van der Waals surface area contributed by atoms with Crippen LogP contribution in [-0.4, -0.2) is 76.9 Å². The zero-order chi connectivity index (χ0) is 18.0. The molecule has 3 rings (SSSR count). The molecule has 2 aliphatic heterocycles. The fourth-order valence-electron chi connectivity index (χ4n) is 3.63. The number of imidazole rings is 1. The maximum Gasteiger partial charge on any atom is 0.225 e. The Morgan fingerprint density at radius 3 is 2.80 bits per heavy atom. The zero-order valence-corrected chi connectivity index (χ0v) is 15.8. The summed E-state index contributed by atoms with van der Waals surface area (Å²) in [5.41, 5.74) is 0.756. The summed E-state index contributed by atoms with van der Waals surface area (Å²) in [5.74, 6) is 1.18. The van der Waals surface area contributed by atoms with Gasteiger partial charge >= 0.3 is 0 Å². The Morgan fingerprint density at radius 2 is 2.12 bits per heavy atom. The van der Waals surface area contributed by atoms with Crippen molar-refractivity contribution in [1.29, 1.82) is 0 Å². The van der Waals surface area contributed by atoms with Gasteiger partial charge in [-0.25, -0.2) is 4.98 Å². The lowest BCUT2D eigenvalue weighted by Crippen LogP contribution is -2.59. The first-order valence-electron chi connectivity index (χ1n) is 9.10. The highest BCUT2D eigenvalue weighted by Crippen LogP contribution is 2.24. The molecule has 0 aromatic carbocycles. The lowest BCUT2D eigenvalue weighted by Gasteiger charge is -2.43. The third-order valence-corrected chi connectivity index (χ3v) is 5.19. The van der Waals surface area contributed by atoms with Crippen molar-refractivity contribution >= 4 is 5.91 Å². The highest BCUT2D eigenvalue weighted by atomic mass is 16.5. The van der Waals surface area contributed by atoms with Gasteiger partial charge in [0.1, 0.15) is 11.4 Å². The molecule has 0 saturated carbocycles. The molecule has 1 aromatic heterocycles. The van der Waals surface area contributed by atoms with E-state index in [1.165, 1.54) is 5.69 Å². The van der Waals surface area contributed by atoms with E-state index in [0.29, 0.717) is 32.9 Å². The van der Waals surface area contributed by atoms with E-state index in [2.05, 4.69) is 14.5 Å². The van der Waals surface area contributed by atoms with Crippen molar-refractivity contribution < 1.29 is 14.3 Å². The van der Waals surface area contributed by atoms with Crippen molar-refractivity contribution in [2.24, 2.45) is 13.0 Å². The van der Waals surface area contributed by atoms with E-state index in [1.54, 1.807) is 0 Å². The lowest BCUT2D eigenvalue weighted by atomic mass is 10.0. The second-order valence-electron chi connectivity index (χ2n) is 7.56. The number of aryl methyl sites for hydroxylation is 1. The molecule has 0 N–H and O–H groups in total. The van der Waals surface area contributed by atoms with Crippen LogP contribution in [0.3, 0.4) is 0 Å². The van der Waals surface area contributed by atoms with E-state index in [0.717, 1.165) is 25.5 Å². The first kappa shape index (κ1) is 18.4. The van der Waals surface area contributed by atoms with Gasteiger partial charge in [0.05, 0.1) is 32.1 Å². The number of aromatic nitrogens is 2. The van der Waals surface area contributed by atoms with Crippen LogP contribution >= 0.6 is 0 Å². The number of nitrogens with zero attached hydrogens (tertiary/aromatic N) is 4. The van der Waals surface area contributed by atoms with Crippen LogP contribution in [0.2, 0.25) is 0 Å². The molecule has 7 heteroatoms. The Hall–Kier alpha value is -1.44. The number of hydrogen-bond acceptors (Lipinski definition) is 5. The van der Waals surface area contributed by atoms with Gasteiger partial charge in [0.15, 0.2) is 0 Å². The number of ether oxygens (including phenoxy) is 2. The third kappa shape index (κ3) is 4.04. The predicted octanol–water partition coefficient (Wildman–Crippen LogP) is 0.814. The van der Waals surface area contributed by atoms with Gasteiger partial charge in [-0.3, -0.25) is 9.69 Å². The summed E-state index contributed by atoms with van der Waals surface area (Å²) in [6.45, 7) is 11.4. The van der Waals surface area contributed by atoms with Gasteiger partial charge < -0.3 is 18.9 Å². The van der Waals surface area contributed by atoms with Crippen molar-refractivity contribution in [3.8, 4) is 0 Å². The molecule has 1 spiro atoms. The van der Waals surface area contributed by atoms with E-state index in [-0.39, 0.29) is 11.8 Å². The SMILES string of the molecule is Cc1ncc(CN2CCO[C@@]3(COCCN(C(=O)C(C)C)C3)C2)n1C. The second-order valence-corrected chi connectivity index (χ2v) is 7.56. The van der Waals surface area contributed by atoms with Gasteiger partial charge in [-0.15, -0.1) is 0 Å². The van der Waals surface area contributed by atoms with Crippen LogP contribution in [0.15, 0.2) is 6.20 Å². The number of carbonyl (C=O) groups is 1. The molecule has 2 aliphatic rings. The fourth-order valence-corrected chi connectivity index (χ4v) is 3.63. The van der Waals surface area contributed by atoms with Crippen molar-refractivity contribution in [3.63, 3.8) is 0 Å². The summed E-state index contributed by atoms with van der Waals surface area (Å²) in [7, 11) is 2.05. The third-order valence-electron chi connectivity index (χ3n) is 5.19. The average molecular weight is 350 g/mol. The molecule has 0 unspecified atom stereocenters. The Balaban J connectivity index is 1.71. The Kier molecular flexibility index (Phi) is 5.46. The molecule has 0 bridgehead atoms. The molecule has 25 heavy (non-hydrogen) atoms. The molecular formula is C18H30N4O3. The normalized spacial score (nSPS) is 25.6. The minimum absolute atomic E-state index is 0.00717. The van der Waals surface area contributed by atoms with Crippen LogP contribution in [0, 0.1) is 12.8 Å². The molecule has 1 aromatic rings. The van der Waals surface area contributed by atoms with Crippen molar-refractivity contribution in [2.75, 3.05) is 46.0 Å². The van der Waals surface area contributed by atoms with Crippen LogP contribution in [0.4, 0.5) is 0 Å². The van der Waals surface area contributed by atoms with E-state index in [4.69, 9.17) is 9.47 Å². The number of rotatable bonds is 3. The average Bonchev–Trinajstić information content (AvgIpc) is 2.78. The molecule has 2 fully saturated rings. The lowest BCUT2D eigenvalue weighted by molar-refractivity contribution is -0.154. The highest BCUT2D eigenvalue weighted by Gasteiger charge is 2.41. The molecular weight excluding hydrogens is 320 g/mol. The molecule has 7 nitrogen and oxygen atoms in total. The number of amides is 1. The summed E-state index contributed by atoms with van der Waals surface area (Å²) in [6, 6.07) is 0. The summed E-state index contributed by atoms with van der Waals surface area (Å²) in [6.07, 6.45) is 1.94. The van der Waals surface area contributed by atoms with Crippen LogP contribution in [-0.2, 0) is 27.9 Å². The van der Waals surface area contributed by atoms with Gasteiger partial charge in [-0.05, 0) is 6.92 Å². The van der Waals surface area contributed by atoms with E-state index in [9.17, 15) is 4.79 Å². The second kappa shape index (κ2) is 7.43. The number of carbonyl (C=O) groups excluding carboxylic acids is 1. The zero-order valence-electron chi connectivity index (χ0n) is 15.8. The molecule has 140 valence electrons. The summed E-state index contributed by atoms with van der Waals surface area (Å²) in [5, 5.41) is 0. The van der Waals surface area contributed by atoms with E-state index in [1.807, 2.05) is 38.9 Å². The topological polar surface area (TPSA) is 59.8 Å². The molecule has 0 aliphatic carbocycles. The quantitative estimate of drug-likeness (QED) is 0.808. The van der Waals surface area contributed by atoms with Crippen LogP contribution in [0.1, 0.15) is 25.4 Å². The fraction of sp³-hybridized carbons (Fsp3) is 0.778. The minimum Gasteiger partial charge on any atom is -0.376 e. The first-order chi connectivity index (χ1) is 11.9. The minimum atomic E-state index is -0.438. The number of morpholine rings is 1. The maximum absolute atomic E-state index is 12.5. The largest absolute Gasteiger partial charge is 0.376 e. The monoisotopic (exact) mass is 350 g/mol. The molecule has 1 atom stereocenters. The Bertz CT molecular complexity index is 615. The van der Waals surface area contributed by atoms with Crippen LogP contribution in [0.5, 0.6) is 0 Å². The molecule has 2 saturated heterocycles. The smallest absolute Gasteiger partial charge is 0.225 e. The van der Waals surface area contributed by atoms with Gasteiger partial charge in [-0.2, -0.15) is 0 Å². The Labute approximate surface area is 149 Å². The standard InChI is InChI=1S/C18H30N4O3/c1-14(2)17(23)22-6-7-24-13-18(12-22)11-21(5-8-25-18)10-16-9-19-15(3)20(16)4/h9,14H,5-8,10-13H2,1-4H3/t18-/m0/s1. The predicted molar refractivity (Wildman–Crippen MR) is 94.1 cm³/mol. The van der Waals surface area contributed by atoms with E-state index >= 15 is 0 Å². The van der Waals surface area contributed by atoms with Crippen molar-refractivity contribution in [2.45, 2.75) is 32.9 Å². The van der Waals surface area contributed by atoms with Crippen LogP contribution < -0.4 is 0 Å². The summed E-state index contributed by atoms with van der Waals surface area (Å²) < 4.78 is 14.1. The highest BCUT2D eigenvalue weighted by molar-refractivity contribution is 5.78. The van der Waals surface area contributed by atoms with Gasteiger partial charge in [0.2, 0.25) is 5.91 Å². The molecule has 1 amide bonds. The van der Waals surface area contributed by atoms with Gasteiger partial charge in [0, 0.05) is 45.3 Å². The van der Waals surface area contributed by atoms with Gasteiger partial charge in [-0.1, -0.05) is 13.8 Å². The summed E-state index contributed by atoms with van der Waals surface area (Å²) in [4.78, 5) is 21.2.